The van der Waals surface area contributed by atoms with Crippen molar-refractivity contribution in [1.82, 2.24) is 5.32 Å². The minimum Gasteiger partial charge on any atom is -0.480 e. The number of hydrogen-bond acceptors (Lipinski definition) is 2. The average molecular weight is 157 g/mol. The first kappa shape index (κ1) is 8.53. The van der Waals surface area contributed by atoms with Crippen LogP contribution in [0.15, 0.2) is 0 Å². The van der Waals surface area contributed by atoms with Crippen molar-refractivity contribution in [2.24, 2.45) is 11.8 Å². The van der Waals surface area contributed by atoms with Crippen molar-refractivity contribution in [1.29, 1.82) is 0 Å². The summed E-state index contributed by atoms with van der Waals surface area (Å²) in [4.78, 5) is 10.4. The number of carboxylic acids is 1. The van der Waals surface area contributed by atoms with Crippen LogP contribution < -0.4 is 5.32 Å². The third kappa shape index (κ3) is 2.50. The van der Waals surface area contributed by atoms with E-state index in [1.54, 1.807) is 6.92 Å². The fourth-order valence-electron chi connectivity index (χ4n) is 1.10. The van der Waals surface area contributed by atoms with Crippen LogP contribution in [0.3, 0.4) is 0 Å². The van der Waals surface area contributed by atoms with E-state index in [0.29, 0.717) is 0 Å². The highest BCUT2D eigenvalue weighted by Crippen LogP contribution is 2.36. The highest BCUT2D eigenvalue weighted by Gasteiger charge is 2.32. The fraction of sp³-hybridized carbons (Fsp3) is 0.875. The Morgan fingerprint density at radius 3 is 2.73 bits per heavy atom. The Kier molecular flexibility index (Phi) is 2.49. The second-order valence-electron chi connectivity index (χ2n) is 3.44. The molecule has 1 rings (SSSR count). The van der Waals surface area contributed by atoms with Gasteiger partial charge < -0.3 is 10.4 Å². The summed E-state index contributed by atoms with van der Waals surface area (Å²) < 4.78 is 0. The molecule has 0 saturated heterocycles. The molecular formula is C8H15NO2. The summed E-state index contributed by atoms with van der Waals surface area (Å²) in [5.74, 6) is 0.749. The Morgan fingerprint density at radius 2 is 2.36 bits per heavy atom. The van der Waals surface area contributed by atoms with Crippen molar-refractivity contribution >= 4 is 5.97 Å². The first-order valence-electron chi connectivity index (χ1n) is 4.07. The summed E-state index contributed by atoms with van der Waals surface area (Å²) >= 11 is 0. The maximum Gasteiger partial charge on any atom is 0.320 e. The molecule has 1 aliphatic carbocycles. The summed E-state index contributed by atoms with van der Waals surface area (Å²) in [6.45, 7) is 4.72. The van der Waals surface area contributed by atoms with Gasteiger partial charge in [-0.1, -0.05) is 6.92 Å². The van der Waals surface area contributed by atoms with Crippen molar-refractivity contribution < 1.29 is 9.90 Å². The standard InChI is InChI=1S/C8H15NO2/c1-5-3-7(5)4-9-6(2)8(10)11/h5-7,9H,3-4H2,1-2H3,(H,10,11). The van der Waals surface area contributed by atoms with Crippen molar-refractivity contribution in [2.45, 2.75) is 26.3 Å². The van der Waals surface area contributed by atoms with Crippen molar-refractivity contribution in [3.05, 3.63) is 0 Å². The molecule has 0 bridgehead atoms. The van der Waals surface area contributed by atoms with E-state index in [2.05, 4.69) is 12.2 Å². The van der Waals surface area contributed by atoms with Gasteiger partial charge in [0.1, 0.15) is 6.04 Å². The Morgan fingerprint density at radius 1 is 1.82 bits per heavy atom. The molecule has 0 aromatic rings. The number of hydrogen-bond donors (Lipinski definition) is 2. The summed E-state index contributed by atoms with van der Waals surface area (Å²) in [5, 5.41) is 11.5. The summed E-state index contributed by atoms with van der Waals surface area (Å²) in [6, 6.07) is -0.400. The van der Waals surface area contributed by atoms with E-state index < -0.39 is 12.0 Å². The van der Waals surface area contributed by atoms with E-state index >= 15 is 0 Å². The van der Waals surface area contributed by atoms with Gasteiger partial charge in [0.25, 0.3) is 0 Å². The van der Waals surface area contributed by atoms with Gasteiger partial charge in [-0.15, -0.1) is 0 Å². The van der Waals surface area contributed by atoms with Gasteiger partial charge in [0.05, 0.1) is 0 Å². The number of aliphatic carboxylic acids is 1. The first-order chi connectivity index (χ1) is 5.11. The van der Waals surface area contributed by atoms with Crippen LogP contribution in [0.2, 0.25) is 0 Å². The van der Waals surface area contributed by atoms with Crippen molar-refractivity contribution in [3.8, 4) is 0 Å². The number of carboxylic acid groups (broad SMARTS) is 1. The van der Waals surface area contributed by atoms with Crippen LogP contribution in [0, 0.1) is 11.8 Å². The topological polar surface area (TPSA) is 49.3 Å². The highest BCUT2D eigenvalue weighted by atomic mass is 16.4. The molecule has 0 aliphatic heterocycles. The Hall–Kier alpha value is -0.570. The maximum absolute atomic E-state index is 10.4. The smallest absolute Gasteiger partial charge is 0.320 e. The van der Waals surface area contributed by atoms with E-state index in [-0.39, 0.29) is 0 Å². The lowest BCUT2D eigenvalue weighted by molar-refractivity contribution is -0.139. The lowest BCUT2D eigenvalue weighted by atomic mass is 10.3. The predicted molar refractivity (Wildman–Crippen MR) is 42.4 cm³/mol. The van der Waals surface area contributed by atoms with Crippen LogP contribution in [0.5, 0.6) is 0 Å². The quantitative estimate of drug-likeness (QED) is 0.631. The zero-order valence-electron chi connectivity index (χ0n) is 7.00. The second kappa shape index (κ2) is 3.22. The van der Waals surface area contributed by atoms with E-state index in [1.165, 1.54) is 6.42 Å². The van der Waals surface area contributed by atoms with Gasteiger partial charge in [-0.3, -0.25) is 4.79 Å². The Bertz CT molecular complexity index is 158. The van der Waals surface area contributed by atoms with Crippen LogP contribution in [0.4, 0.5) is 0 Å². The van der Waals surface area contributed by atoms with Crippen LogP contribution in [-0.2, 0) is 4.79 Å². The fourth-order valence-corrected chi connectivity index (χ4v) is 1.10. The minimum atomic E-state index is -0.765. The van der Waals surface area contributed by atoms with Crippen LogP contribution in [0.1, 0.15) is 20.3 Å². The average Bonchev–Trinajstić information content (AvgIpc) is 2.61. The number of nitrogens with one attached hydrogen (secondary N) is 1. The van der Waals surface area contributed by atoms with E-state index in [9.17, 15) is 4.79 Å². The van der Waals surface area contributed by atoms with Gasteiger partial charge in [-0.05, 0) is 31.7 Å². The van der Waals surface area contributed by atoms with Crippen molar-refractivity contribution in [3.63, 3.8) is 0 Å². The molecule has 11 heavy (non-hydrogen) atoms. The van der Waals surface area contributed by atoms with Gasteiger partial charge in [0, 0.05) is 0 Å². The molecule has 2 N–H and O–H groups in total. The normalized spacial score (nSPS) is 31.5. The molecule has 1 fully saturated rings. The molecule has 3 atom stereocenters. The highest BCUT2D eigenvalue weighted by molar-refractivity contribution is 5.72. The van der Waals surface area contributed by atoms with Gasteiger partial charge in [-0.2, -0.15) is 0 Å². The zero-order valence-corrected chi connectivity index (χ0v) is 7.00. The van der Waals surface area contributed by atoms with Crippen LogP contribution in [-0.4, -0.2) is 23.7 Å². The van der Waals surface area contributed by atoms with Gasteiger partial charge in [-0.25, -0.2) is 0 Å². The molecule has 1 aliphatic rings. The molecule has 3 nitrogen and oxygen atoms in total. The Labute approximate surface area is 66.8 Å². The lowest BCUT2D eigenvalue weighted by Gasteiger charge is -2.07. The third-order valence-electron chi connectivity index (χ3n) is 2.33. The van der Waals surface area contributed by atoms with E-state index in [4.69, 9.17) is 5.11 Å². The molecule has 3 unspecified atom stereocenters. The molecule has 0 heterocycles. The second-order valence-corrected chi connectivity index (χ2v) is 3.44. The SMILES string of the molecule is CC(NCC1CC1C)C(=O)O. The summed E-state index contributed by atoms with van der Waals surface area (Å²) in [7, 11) is 0. The van der Waals surface area contributed by atoms with Gasteiger partial charge >= 0.3 is 5.97 Å². The molecule has 0 radical (unpaired) electrons. The molecule has 0 spiro atoms. The number of rotatable bonds is 4. The molecule has 64 valence electrons. The minimum absolute atomic E-state index is 0.400. The molecular weight excluding hydrogens is 142 g/mol. The Balaban J connectivity index is 2.07. The molecule has 3 heteroatoms. The zero-order chi connectivity index (χ0) is 8.43. The molecule has 0 aromatic carbocycles. The van der Waals surface area contributed by atoms with Crippen LogP contribution in [0.25, 0.3) is 0 Å². The molecule has 1 saturated carbocycles. The maximum atomic E-state index is 10.4. The van der Waals surface area contributed by atoms with E-state index in [1.807, 2.05) is 0 Å². The lowest BCUT2D eigenvalue weighted by Crippen LogP contribution is -2.35. The summed E-state index contributed by atoms with van der Waals surface area (Å²) in [6.07, 6.45) is 1.25. The third-order valence-corrected chi connectivity index (χ3v) is 2.33. The predicted octanol–water partition coefficient (Wildman–Crippen LogP) is 0.705. The monoisotopic (exact) mass is 157 g/mol. The summed E-state index contributed by atoms with van der Waals surface area (Å²) in [5.41, 5.74) is 0. The van der Waals surface area contributed by atoms with Gasteiger partial charge in [0.2, 0.25) is 0 Å². The number of carbonyl (C=O) groups is 1. The largest absolute Gasteiger partial charge is 0.480 e. The van der Waals surface area contributed by atoms with E-state index in [0.717, 1.165) is 18.4 Å². The van der Waals surface area contributed by atoms with Gasteiger partial charge in [0.15, 0.2) is 0 Å². The molecule has 0 aromatic heterocycles. The van der Waals surface area contributed by atoms with Crippen LogP contribution >= 0.6 is 0 Å². The van der Waals surface area contributed by atoms with Crippen molar-refractivity contribution in [2.75, 3.05) is 6.54 Å². The first-order valence-corrected chi connectivity index (χ1v) is 4.07. The molecule has 0 amide bonds.